The molecule has 4 heteroatoms. The highest BCUT2D eigenvalue weighted by atomic mass is 15.4. The van der Waals surface area contributed by atoms with Crippen LogP contribution in [-0.2, 0) is 0 Å². The second-order valence-electron chi connectivity index (χ2n) is 4.84. The fourth-order valence-electron chi connectivity index (χ4n) is 1.56. The largest absolute Gasteiger partial charge is 0.261 e. The molecule has 0 spiro atoms. The van der Waals surface area contributed by atoms with Crippen LogP contribution < -0.4 is 0 Å². The molecule has 0 aliphatic heterocycles. The zero-order valence-electron chi connectivity index (χ0n) is 10.8. The zero-order valence-corrected chi connectivity index (χ0v) is 10.8. The van der Waals surface area contributed by atoms with Gasteiger partial charge in [-0.05, 0) is 24.0 Å². The van der Waals surface area contributed by atoms with E-state index in [0.717, 1.165) is 17.1 Å². The van der Waals surface area contributed by atoms with Gasteiger partial charge in [-0.3, -0.25) is 4.98 Å². The van der Waals surface area contributed by atoms with Crippen molar-refractivity contribution in [2.24, 2.45) is 0 Å². The third-order valence-corrected chi connectivity index (χ3v) is 2.72. The van der Waals surface area contributed by atoms with Crippen LogP contribution >= 0.6 is 0 Å². The molecule has 0 aliphatic carbocycles. The van der Waals surface area contributed by atoms with E-state index < -0.39 is 0 Å². The Hall–Kier alpha value is -1.71. The lowest BCUT2D eigenvalue weighted by Crippen LogP contribution is -1.99. The smallest absolute Gasteiger partial charge is 0.0857 e. The van der Waals surface area contributed by atoms with E-state index in [-0.39, 0.29) is 0 Å². The third kappa shape index (κ3) is 2.52. The summed E-state index contributed by atoms with van der Waals surface area (Å²) in [6, 6.07) is 4.01. The number of aromatic nitrogens is 4. The Balaban J connectivity index is 2.35. The fraction of sp³-hybridized carbons (Fsp3) is 0.462. The molecule has 0 atom stereocenters. The van der Waals surface area contributed by atoms with Crippen LogP contribution in [0.25, 0.3) is 5.69 Å². The average Bonchev–Trinajstić information content (AvgIpc) is 2.78. The van der Waals surface area contributed by atoms with Crippen LogP contribution in [0.1, 0.15) is 50.9 Å². The van der Waals surface area contributed by atoms with Crippen LogP contribution in [0.2, 0.25) is 0 Å². The number of pyridine rings is 1. The Morgan fingerprint density at radius 3 is 2.35 bits per heavy atom. The maximum Gasteiger partial charge on any atom is 0.0857 e. The summed E-state index contributed by atoms with van der Waals surface area (Å²) in [6.45, 7) is 8.49. The highest BCUT2D eigenvalue weighted by Crippen LogP contribution is 2.16. The summed E-state index contributed by atoms with van der Waals surface area (Å²) < 4.78 is 1.81. The first kappa shape index (κ1) is 11.8. The van der Waals surface area contributed by atoms with Crippen molar-refractivity contribution < 1.29 is 0 Å². The predicted molar refractivity (Wildman–Crippen MR) is 67.3 cm³/mol. The van der Waals surface area contributed by atoms with Gasteiger partial charge in [-0.2, -0.15) is 0 Å². The lowest BCUT2D eigenvalue weighted by molar-refractivity contribution is 0.768. The lowest BCUT2D eigenvalue weighted by atomic mass is 10.1. The number of hydrogen-bond acceptors (Lipinski definition) is 3. The van der Waals surface area contributed by atoms with E-state index in [1.807, 2.05) is 23.1 Å². The van der Waals surface area contributed by atoms with Crippen molar-refractivity contribution in [1.82, 2.24) is 20.0 Å². The monoisotopic (exact) mass is 230 g/mol. The molecule has 0 unspecified atom stereocenters. The summed E-state index contributed by atoms with van der Waals surface area (Å²) in [4.78, 5) is 4.34. The van der Waals surface area contributed by atoms with Gasteiger partial charge in [0.15, 0.2) is 0 Å². The van der Waals surface area contributed by atoms with Gasteiger partial charge in [0, 0.05) is 11.9 Å². The molecule has 0 saturated heterocycles. The van der Waals surface area contributed by atoms with Crippen molar-refractivity contribution in [3.05, 3.63) is 35.9 Å². The number of nitrogens with zero attached hydrogens (tertiary/aromatic N) is 4. The molecule has 0 radical (unpaired) electrons. The Kier molecular flexibility index (Phi) is 3.22. The fourth-order valence-corrected chi connectivity index (χ4v) is 1.56. The zero-order chi connectivity index (χ0) is 12.4. The molecule has 2 aromatic rings. The van der Waals surface area contributed by atoms with Gasteiger partial charge in [0.05, 0.1) is 17.6 Å². The maximum atomic E-state index is 4.34. The van der Waals surface area contributed by atoms with Crippen LogP contribution in [0, 0.1) is 0 Å². The standard InChI is InChI=1S/C13H18N4/c1-9(2)12-7-11(5-6-14-12)17-8-13(10(3)4)15-16-17/h5-10H,1-4H3. The summed E-state index contributed by atoms with van der Waals surface area (Å²) >= 11 is 0. The van der Waals surface area contributed by atoms with Crippen LogP contribution in [0.5, 0.6) is 0 Å². The molecule has 0 fully saturated rings. The lowest BCUT2D eigenvalue weighted by Gasteiger charge is -2.06. The van der Waals surface area contributed by atoms with Gasteiger partial charge in [-0.15, -0.1) is 5.10 Å². The van der Waals surface area contributed by atoms with Gasteiger partial charge in [0.2, 0.25) is 0 Å². The summed E-state index contributed by atoms with van der Waals surface area (Å²) in [7, 11) is 0. The molecule has 0 aliphatic rings. The molecule has 0 bridgehead atoms. The second-order valence-corrected chi connectivity index (χ2v) is 4.84. The highest BCUT2D eigenvalue weighted by Gasteiger charge is 2.08. The van der Waals surface area contributed by atoms with Crippen molar-refractivity contribution in [2.45, 2.75) is 39.5 Å². The molecular formula is C13H18N4. The van der Waals surface area contributed by atoms with Gasteiger partial charge in [0.1, 0.15) is 0 Å². The van der Waals surface area contributed by atoms with Gasteiger partial charge < -0.3 is 0 Å². The summed E-state index contributed by atoms with van der Waals surface area (Å²) in [5.74, 6) is 0.818. The van der Waals surface area contributed by atoms with Gasteiger partial charge in [-0.1, -0.05) is 32.9 Å². The number of hydrogen-bond donors (Lipinski definition) is 0. The molecule has 0 N–H and O–H groups in total. The Bertz CT molecular complexity index is 500. The minimum Gasteiger partial charge on any atom is -0.261 e. The van der Waals surface area contributed by atoms with Gasteiger partial charge in [0.25, 0.3) is 0 Å². The number of rotatable bonds is 3. The van der Waals surface area contributed by atoms with Gasteiger partial charge >= 0.3 is 0 Å². The molecule has 0 amide bonds. The predicted octanol–water partition coefficient (Wildman–Crippen LogP) is 2.91. The van der Waals surface area contributed by atoms with E-state index in [9.17, 15) is 0 Å². The Labute approximate surface area is 102 Å². The Morgan fingerprint density at radius 2 is 1.76 bits per heavy atom. The molecule has 2 aromatic heterocycles. The minimum atomic E-state index is 0.398. The van der Waals surface area contributed by atoms with Crippen molar-refractivity contribution in [2.75, 3.05) is 0 Å². The van der Waals surface area contributed by atoms with E-state index in [0.29, 0.717) is 11.8 Å². The molecule has 17 heavy (non-hydrogen) atoms. The van der Waals surface area contributed by atoms with Crippen molar-refractivity contribution >= 4 is 0 Å². The maximum absolute atomic E-state index is 4.34. The molecule has 90 valence electrons. The van der Waals surface area contributed by atoms with E-state index in [2.05, 4.69) is 49.1 Å². The van der Waals surface area contributed by atoms with Crippen molar-refractivity contribution in [1.29, 1.82) is 0 Å². The second kappa shape index (κ2) is 4.65. The average molecular weight is 230 g/mol. The first-order valence-electron chi connectivity index (χ1n) is 5.96. The van der Waals surface area contributed by atoms with Gasteiger partial charge in [-0.25, -0.2) is 4.68 Å². The van der Waals surface area contributed by atoms with E-state index in [1.165, 1.54) is 0 Å². The SMILES string of the molecule is CC(C)c1cc(-n2cc(C(C)C)nn2)ccn1. The van der Waals surface area contributed by atoms with E-state index in [1.54, 1.807) is 0 Å². The molecule has 2 heterocycles. The van der Waals surface area contributed by atoms with Crippen molar-refractivity contribution in [3.8, 4) is 5.69 Å². The quantitative estimate of drug-likeness (QED) is 0.814. The first-order chi connectivity index (χ1) is 8.08. The summed E-state index contributed by atoms with van der Waals surface area (Å²) in [6.07, 6.45) is 3.80. The van der Waals surface area contributed by atoms with Crippen LogP contribution in [0.15, 0.2) is 24.5 Å². The molecule has 2 rings (SSSR count). The van der Waals surface area contributed by atoms with Crippen LogP contribution in [0.4, 0.5) is 0 Å². The molecule has 0 aromatic carbocycles. The van der Waals surface area contributed by atoms with Crippen LogP contribution in [0.3, 0.4) is 0 Å². The summed E-state index contributed by atoms with van der Waals surface area (Å²) in [5, 5.41) is 8.31. The molecule has 0 saturated carbocycles. The van der Waals surface area contributed by atoms with E-state index >= 15 is 0 Å². The minimum absolute atomic E-state index is 0.398. The summed E-state index contributed by atoms with van der Waals surface area (Å²) in [5.41, 5.74) is 3.10. The molecular weight excluding hydrogens is 212 g/mol. The molecule has 4 nitrogen and oxygen atoms in total. The normalized spacial score (nSPS) is 11.4. The van der Waals surface area contributed by atoms with Crippen molar-refractivity contribution in [3.63, 3.8) is 0 Å². The third-order valence-electron chi connectivity index (χ3n) is 2.72. The highest BCUT2D eigenvalue weighted by molar-refractivity contribution is 5.32. The Morgan fingerprint density at radius 1 is 1.06 bits per heavy atom. The van der Waals surface area contributed by atoms with E-state index in [4.69, 9.17) is 0 Å². The first-order valence-corrected chi connectivity index (χ1v) is 5.96. The topological polar surface area (TPSA) is 43.6 Å². The van der Waals surface area contributed by atoms with Crippen LogP contribution in [-0.4, -0.2) is 20.0 Å².